The Hall–Kier alpha value is -2.93. The highest BCUT2D eigenvalue weighted by atomic mass is 16.5. The zero-order valence-corrected chi connectivity index (χ0v) is 18.7. The summed E-state index contributed by atoms with van der Waals surface area (Å²) >= 11 is 0. The third-order valence-corrected chi connectivity index (χ3v) is 6.84. The van der Waals surface area contributed by atoms with Gasteiger partial charge in [-0.2, -0.15) is 5.10 Å². The number of benzene rings is 1. The summed E-state index contributed by atoms with van der Waals surface area (Å²) in [5, 5.41) is 15.6. The van der Waals surface area contributed by atoms with Crippen molar-refractivity contribution in [3.05, 3.63) is 47.8 Å². The lowest BCUT2D eigenvalue weighted by Gasteiger charge is -2.34. The molecule has 168 valence electrons. The SMILES string of the molecule is CC(C)N1CCC(Oc2cc(C(=O)O)nc3c2c(C2CCC2)nn3-c2ccccc2)CC1. The van der Waals surface area contributed by atoms with Gasteiger partial charge in [-0.25, -0.2) is 14.5 Å². The Morgan fingerprint density at radius 2 is 1.84 bits per heavy atom. The quantitative estimate of drug-likeness (QED) is 0.609. The Labute approximate surface area is 188 Å². The Morgan fingerprint density at radius 1 is 1.12 bits per heavy atom. The van der Waals surface area contributed by atoms with E-state index in [0.29, 0.717) is 23.4 Å². The topological polar surface area (TPSA) is 80.5 Å². The molecule has 1 saturated heterocycles. The van der Waals surface area contributed by atoms with E-state index in [-0.39, 0.29) is 11.8 Å². The number of piperidine rings is 1. The summed E-state index contributed by atoms with van der Waals surface area (Å²) in [6, 6.07) is 11.9. The van der Waals surface area contributed by atoms with Gasteiger partial charge in [-0.15, -0.1) is 0 Å². The first-order valence-corrected chi connectivity index (χ1v) is 11.6. The van der Waals surface area contributed by atoms with Gasteiger partial charge in [0.2, 0.25) is 0 Å². The molecule has 7 heteroatoms. The molecule has 5 rings (SSSR count). The molecule has 1 aromatic carbocycles. The summed E-state index contributed by atoms with van der Waals surface area (Å²) < 4.78 is 8.29. The summed E-state index contributed by atoms with van der Waals surface area (Å²) in [5.41, 5.74) is 2.40. The van der Waals surface area contributed by atoms with E-state index in [1.807, 2.05) is 30.3 Å². The van der Waals surface area contributed by atoms with Crippen LogP contribution in [0.3, 0.4) is 0 Å². The number of likely N-dealkylation sites (tertiary alicyclic amines) is 1. The lowest BCUT2D eigenvalue weighted by Crippen LogP contribution is -2.41. The van der Waals surface area contributed by atoms with Crippen molar-refractivity contribution in [2.24, 2.45) is 0 Å². The normalized spacial score (nSPS) is 18.2. The summed E-state index contributed by atoms with van der Waals surface area (Å²) in [4.78, 5) is 18.9. The van der Waals surface area contributed by atoms with Gasteiger partial charge in [0.25, 0.3) is 0 Å². The van der Waals surface area contributed by atoms with Gasteiger partial charge in [0.1, 0.15) is 11.9 Å². The van der Waals surface area contributed by atoms with Crippen LogP contribution in [0.1, 0.15) is 68.1 Å². The largest absolute Gasteiger partial charge is 0.489 e. The van der Waals surface area contributed by atoms with Gasteiger partial charge in [-0.05, 0) is 51.7 Å². The van der Waals surface area contributed by atoms with Gasteiger partial charge in [0.15, 0.2) is 11.3 Å². The average Bonchev–Trinajstić information content (AvgIpc) is 3.13. The van der Waals surface area contributed by atoms with Crippen molar-refractivity contribution in [1.82, 2.24) is 19.7 Å². The van der Waals surface area contributed by atoms with E-state index < -0.39 is 5.97 Å². The van der Waals surface area contributed by atoms with Gasteiger partial charge in [0, 0.05) is 31.1 Å². The summed E-state index contributed by atoms with van der Waals surface area (Å²) in [6.45, 7) is 6.41. The number of nitrogens with zero attached hydrogens (tertiary/aromatic N) is 4. The van der Waals surface area contributed by atoms with Gasteiger partial charge in [-0.3, -0.25) is 0 Å². The number of hydrogen-bond donors (Lipinski definition) is 1. The number of pyridine rings is 1. The standard InChI is InChI=1S/C25H30N4O3/c1-16(2)28-13-11-19(12-14-28)32-21-15-20(25(30)31)26-24-22(21)23(17-7-6-8-17)27-29(24)18-9-4-3-5-10-18/h3-5,9-10,15-17,19H,6-8,11-14H2,1-2H3,(H,30,31). The number of aromatic nitrogens is 3. The van der Waals surface area contributed by atoms with Crippen molar-refractivity contribution in [2.75, 3.05) is 13.1 Å². The molecule has 3 aromatic rings. The lowest BCUT2D eigenvalue weighted by molar-refractivity contribution is 0.0686. The number of carbonyl (C=O) groups is 1. The molecule has 2 aliphatic rings. The third kappa shape index (κ3) is 3.86. The van der Waals surface area contributed by atoms with Gasteiger partial charge in [0.05, 0.1) is 16.8 Å². The molecule has 2 aromatic heterocycles. The summed E-state index contributed by atoms with van der Waals surface area (Å²) in [5.74, 6) is -0.0815. The van der Waals surface area contributed by atoms with Gasteiger partial charge < -0.3 is 14.7 Å². The van der Waals surface area contributed by atoms with Crippen molar-refractivity contribution in [3.63, 3.8) is 0 Å². The number of hydrogen-bond acceptors (Lipinski definition) is 5. The molecule has 0 atom stereocenters. The minimum atomic E-state index is -1.06. The number of ether oxygens (including phenoxy) is 1. The number of carboxylic acid groups (broad SMARTS) is 1. The zero-order valence-electron chi connectivity index (χ0n) is 18.7. The molecule has 0 radical (unpaired) electrons. The Kier molecular flexibility index (Phi) is 5.59. The lowest BCUT2D eigenvalue weighted by atomic mass is 9.82. The van der Waals surface area contributed by atoms with Crippen LogP contribution in [-0.4, -0.2) is 56.0 Å². The molecular formula is C25H30N4O3. The fourth-order valence-corrected chi connectivity index (χ4v) is 4.72. The average molecular weight is 435 g/mol. The van der Waals surface area contributed by atoms with Crippen LogP contribution in [0.4, 0.5) is 0 Å². The van der Waals surface area contributed by atoms with Crippen molar-refractivity contribution in [2.45, 2.75) is 64.0 Å². The first kappa shape index (κ1) is 20.9. The predicted molar refractivity (Wildman–Crippen MR) is 123 cm³/mol. The molecule has 1 aliphatic carbocycles. The molecule has 2 fully saturated rings. The molecule has 0 amide bonds. The van der Waals surface area contributed by atoms with Crippen molar-refractivity contribution < 1.29 is 14.6 Å². The first-order valence-electron chi connectivity index (χ1n) is 11.6. The number of carboxylic acids is 1. The second-order valence-electron chi connectivity index (χ2n) is 9.22. The van der Waals surface area contributed by atoms with Crippen LogP contribution in [0.25, 0.3) is 16.7 Å². The molecule has 1 saturated carbocycles. The Balaban J connectivity index is 1.60. The van der Waals surface area contributed by atoms with Crippen molar-refractivity contribution in [1.29, 1.82) is 0 Å². The van der Waals surface area contributed by atoms with Crippen LogP contribution in [0.15, 0.2) is 36.4 Å². The van der Waals surface area contributed by atoms with Crippen LogP contribution in [-0.2, 0) is 0 Å². The highest BCUT2D eigenvalue weighted by Crippen LogP contribution is 2.43. The zero-order chi connectivity index (χ0) is 22.2. The number of aromatic carboxylic acids is 1. The van der Waals surface area contributed by atoms with Gasteiger partial charge in [-0.1, -0.05) is 24.6 Å². The minimum Gasteiger partial charge on any atom is -0.489 e. The molecule has 7 nitrogen and oxygen atoms in total. The molecule has 1 N–H and O–H groups in total. The minimum absolute atomic E-state index is 0.00985. The molecule has 1 aliphatic heterocycles. The molecule has 0 unspecified atom stereocenters. The van der Waals surface area contributed by atoms with Crippen molar-refractivity contribution >= 4 is 17.0 Å². The molecule has 32 heavy (non-hydrogen) atoms. The third-order valence-electron chi connectivity index (χ3n) is 6.84. The monoisotopic (exact) mass is 434 g/mol. The number of fused-ring (bicyclic) bond motifs is 1. The van der Waals surface area contributed by atoms with E-state index in [4.69, 9.17) is 9.84 Å². The van der Waals surface area contributed by atoms with E-state index in [9.17, 15) is 9.90 Å². The maximum atomic E-state index is 11.9. The van der Waals surface area contributed by atoms with Crippen molar-refractivity contribution in [3.8, 4) is 11.4 Å². The number of rotatable bonds is 6. The maximum absolute atomic E-state index is 11.9. The van der Waals surface area contributed by atoms with Gasteiger partial charge >= 0.3 is 5.97 Å². The van der Waals surface area contributed by atoms with E-state index in [1.165, 1.54) is 6.42 Å². The second-order valence-corrected chi connectivity index (χ2v) is 9.22. The Morgan fingerprint density at radius 3 is 2.44 bits per heavy atom. The smallest absolute Gasteiger partial charge is 0.354 e. The number of para-hydroxylation sites is 1. The highest BCUT2D eigenvalue weighted by molar-refractivity contribution is 5.94. The van der Waals surface area contributed by atoms with E-state index >= 15 is 0 Å². The Bertz CT molecular complexity index is 1110. The summed E-state index contributed by atoms with van der Waals surface area (Å²) in [7, 11) is 0. The first-order chi connectivity index (χ1) is 15.5. The molecular weight excluding hydrogens is 404 g/mol. The maximum Gasteiger partial charge on any atom is 0.354 e. The van der Waals surface area contributed by atoms with E-state index in [2.05, 4.69) is 23.7 Å². The van der Waals surface area contributed by atoms with E-state index in [1.54, 1.807) is 10.7 Å². The fraction of sp³-hybridized carbons (Fsp3) is 0.480. The second kappa shape index (κ2) is 8.54. The van der Waals surface area contributed by atoms with Crippen LogP contribution in [0.5, 0.6) is 5.75 Å². The predicted octanol–water partition coefficient (Wildman–Crippen LogP) is 4.64. The molecule has 0 spiro atoms. The molecule has 3 heterocycles. The van der Waals surface area contributed by atoms with Crippen LogP contribution in [0.2, 0.25) is 0 Å². The van der Waals surface area contributed by atoms with E-state index in [0.717, 1.165) is 55.5 Å². The summed E-state index contributed by atoms with van der Waals surface area (Å²) in [6.07, 6.45) is 5.29. The van der Waals surface area contributed by atoms with Crippen LogP contribution < -0.4 is 4.74 Å². The van der Waals surface area contributed by atoms with Crippen LogP contribution >= 0.6 is 0 Å². The molecule has 0 bridgehead atoms. The van der Waals surface area contributed by atoms with Crippen LogP contribution in [0, 0.1) is 0 Å². The highest BCUT2D eigenvalue weighted by Gasteiger charge is 2.31. The fourth-order valence-electron chi connectivity index (χ4n) is 4.72.